The normalized spacial score (nSPS) is 10.7. The molecule has 2 rings (SSSR count). The molecule has 1 aromatic heterocycles. The molecule has 0 atom stereocenters. The third kappa shape index (κ3) is 5.71. The van der Waals surface area contributed by atoms with Gasteiger partial charge in [0.2, 0.25) is 5.13 Å². The molecule has 25 heavy (non-hydrogen) atoms. The summed E-state index contributed by atoms with van der Waals surface area (Å²) in [6.45, 7) is 4.06. The lowest BCUT2D eigenvalue weighted by atomic mass is 10.2. The Bertz CT molecular complexity index is 764. The number of nitrogens with zero attached hydrogens (tertiary/aromatic N) is 2. The monoisotopic (exact) mass is 427 g/mol. The molecule has 1 N–H and O–H groups in total. The second kappa shape index (κ2) is 9.38. The van der Waals surface area contributed by atoms with Gasteiger partial charge in [0.25, 0.3) is 0 Å². The Kier molecular flexibility index (Phi) is 7.20. The standard InChI is InChI=1S/C16H18BrN3O4S/c1-4-23-13-5-11(7-18-20-16-19-10(2)9-25-16)12(17)6-14(13)24-8-15(21)22-3/h5-7,9H,4,8H2,1-3H3,(H,19,20). The average Bonchev–Trinajstić information content (AvgIpc) is 3.01. The van der Waals surface area contributed by atoms with Crippen LogP contribution in [0.2, 0.25) is 0 Å². The lowest BCUT2D eigenvalue weighted by Gasteiger charge is -2.13. The first kappa shape index (κ1) is 19.2. The number of nitrogens with one attached hydrogen (secondary N) is 1. The van der Waals surface area contributed by atoms with E-state index in [1.165, 1.54) is 18.4 Å². The van der Waals surface area contributed by atoms with Crippen molar-refractivity contribution in [3.63, 3.8) is 0 Å². The minimum Gasteiger partial charge on any atom is -0.490 e. The summed E-state index contributed by atoms with van der Waals surface area (Å²) in [5.41, 5.74) is 4.60. The van der Waals surface area contributed by atoms with Gasteiger partial charge in [0.1, 0.15) is 0 Å². The highest BCUT2D eigenvalue weighted by Crippen LogP contribution is 2.33. The number of hydrogen-bond donors (Lipinski definition) is 1. The lowest BCUT2D eigenvalue weighted by Crippen LogP contribution is -2.13. The zero-order valence-corrected chi connectivity index (χ0v) is 16.4. The zero-order valence-electron chi connectivity index (χ0n) is 14.0. The maximum absolute atomic E-state index is 11.2. The molecule has 7 nitrogen and oxygen atoms in total. The third-order valence-electron chi connectivity index (χ3n) is 2.92. The van der Waals surface area contributed by atoms with Gasteiger partial charge in [-0.1, -0.05) is 0 Å². The molecule has 0 aliphatic heterocycles. The molecule has 0 radical (unpaired) electrons. The molecule has 0 saturated heterocycles. The first-order valence-corrected chi connectivity index (χ1v) is 9.08. The van der Waals surface area contributed by atoms with Gasteiger partial charge in [0.05, 0.1) is 25.6 Å². The Labute approximate surface area is 158 Å². The molecule has 1 aromatic carbocycles. The van der Waals surface area contributed by atoms with Crippen molar-refractivity contribution in [3.05, 3.63) is 33.2 Å². The fourth-order valence-corrected chi connectivity index (χ4v) is 2.85. The van der Waals surface area contributed by atoms with E-state index >= 15 is 0 Å². The quantitative estimate of drug-likeness (QED) is 0.393. The SMILES string of the molecule is CCOc1cc(C=NNc2nc(C)cs2)c(Br)cc1OCC(=O)OC. The maximum atomic E-state index is 11.2. The van der Waals surface area contributed by atoms with Crippen LogP contribution in [0.25, 0.3) is 0 Å². The van der Waals surface area contributed by atoms with Crippen LogP contribution in [-0.2, 0) is 9.53 Å². The van der Waals surface area contributed by atoms with E-state index in [1.54, 1.807) is 18.3 Å². The zero-order chi connectivity index (χ0) is 18.2. The van der Waals surface area contributed by atoms with E-state index in [0.29, 0.717) is 23.2 Å². The number of carbonyl (C=O) groups is 1. The van der Waals surface area contributed by atoms with Gasteiger partial charge in [-0.3, -0.25) is 5.43 Å². The van der Waals surface area contributed by atoms with Crippen molar-refractivity contribution in [3.8, 4) is 11.5 Å². The summed E-state index contributed by atoms with van der Waals surface area (Å²) in [5, 5.41) is 6.83. The number of aromatic nitrogens is 1. The number of anilines is 1. The number of ether oxygens (including phenoxy) is 3. The number of methoxy groups -OCH3 is 1. The van der Waals surface area contributed by atoms with Crippen molar-refractivity contribution in [2.24, 2.45) is 5.10 Å². The lowest BCUT2D eigenvalue weighted by molar-refractivity contribution is -0.142. The number of carbonyl (C=O) groups excluding carboxylic acids is 1. The van der Waals surface area contributed by atoms with E-state index in [9.17, 15) is 4.79 Å². The number of halogens is 1. The van der Waals surface area contributed by atoms with Crippen molar-refractivity contribution in [2.75, 3.05) is 25.7 Å². The van der Waals surface area contributed by atoms with Crippen molar-refractivity contribution >= 4 is 44.6 Å². The number of esters is 1. The van der Waals surface area contributed by atoms with E-state index < -0.39 is 5.97 Å². The van der Waals surface area contributed by atoms with Gasteiger partial charge in [-0.2, -0.15) is 5.10 Å². The Hall–Kier alpha value is -2.13. The molecule has 134 valence electrons. The molecule has 9 heteroatoms. The number of rotatable bonds is 8. The van der Waals surface area contributed by atoms with Crippen LogP contribution in [-0.4, -0.2) is 37.5 Å². The fourth-order valence-electron chi connectivity index (χ4n) is 1.79. The predicted octanol–water partition coefficient (Wildman–Crippen LogP) is 3.61. The van der Waals surface area contributed by atoms with Gasteiger partial charge in [0.15, 0.2) is 18.1 Å². The van der Waals surface area contributed by atoms with E-state index in [-0.39, 0.29) is 6.61 Å². The number of thiazole rings is 1. The predicted molar refractivity (Wildman–Crippen MR) is 101 cm³/mol. The molecular weight excluding hydrogens is 410 g/mol. The van der Waals surface area contributed by atoms with Gasteiger partial charge in [-0.05, 0) is 41.9 Å². The highest BCUT2D eigenvalue weighted by atomic mass is 79.9. The van der Waals surface area contributed by atoms with Gasteiger partial charge in [-0.25, -0.2) is 9.78 Å². The molecular formula is C16H18BrN3O4S. The number of hydrogen-bond acceptors (Lipinski definition) is 8. The van der Waals surface area contributed by atoms with Crippen LogP contribution >= 0.6 is 27.3 Å². The summed E-state index contributed by atoms with van der Waals surface area (Å²) in [7, 11) is 1.31. The molecule has 0 aliphatic carbocycles. The molecule has 1 heterocycles. The first-order chi connectivity index (χ1) is 12.0. The summed E-state index contributed by atoms with van der Waals surface area (Å²) in [6.07, 6.45) is 1.65. The highest BCUT2D eigenvalue weighted by molar-refractivity contribution is 9.10. The Balaban J connectivity index is 2.14. The molecule has 0 fully saturated rings. The summed E-state index contributed by atoms with van der Waals surface area (Å²) in [4.78, 5) is 15.5. The largest absolute Gasteiger partial charge is 0.490 e. The molecule has 0 unspecified atom stereocenters. The van der Waals surface area contributed by atoms with Crippen LogP contribution in [0.1, 0.15) is 18.2 Å². The van der Waals surface area contributed by atoms with Crippen LogP contribution in [0, 0.1) is 6.92 Å². The molecule has 2 aromatic rings. The van der Waals surface area contributed by atoms with Crippen molar-refractivity contribution in [1.82, 2.24) is 4.98 Å². The first-order valence-electron chi connectivity index (χ1n) is 7.40. The molecule has 0 saturated carbocycles. The minimum atomic E-state index is -0.466. The van der Waals surface area contributed by atoms with Crippen molar-refractivity contribution < 1.29 is 19.0 Å². The van der Waals surface area contributed by atoms with Crippen molar-refractivity contribution in [1.29, 1.82) is 0 Å². The van der Waals surface area contributed by atoms with Gasteiger partial charge >= 0.3 is 5.97 Å². The van der Waals surface area contributed by atoms with E-state index in [1.807, 2.05) is 19.2 Å². The highest BCUT2D eigenvalue weighted by Gasteiger charge is 2.12. The Morgan fingerprint density at radius 2 is 2.16 bits per heavy atom. The Morgan fingerprint density at radius 3 is 2.80 bits per heavy atom. The summed E-state index contributed by atoms with van der Waals surface area (Å²) < 4.78 is 16.4. The van der Waals surface area contributed by atoms with Gasteiger partial charge < -0.3 is 14.2 Å². The van der Waals surface area contributed by atoms with Crippen LogP contribution in [0.5, 0.6) is 11.5 Å². The number of benzene rings is 1. The van der Waals surface area contributed by atoms with Crippen LogP contribution < -0.4 is 14.9 Å². The fraction of sp³-hybridized carbons (Fsp3) is 0.312. The molecule has 0 bridgehead atoms. The van der Waals surface area contributed by atoms with Crippen LogP contribution in [0.4, 0.5) is 5.13 Å². The summed E-state index contributed by atoms with van der Waals surface area (Å²) >= 11 is 4.94. The molecule has 0 spiro atoms. The average molecular weight is 428 g/mol. The number of aryl methyl sites for hydroxylation is 1. The second-order valence-corrected chi connectivity index (χ2v) is 6.49. The van der Waals surface area contributed by atoms with Crippen molar-refractivity contribution in [2.45, 2.75) is 13.8 Å². The smallest absolute Gasteiger partial charge is 0.343 e. The molecule has 0 aliphatic rings. The van der Waals surface area contributed by atoms with Gasteiger partial charge in [-0.15, -0.1) is 11.3 Å². The maximum Gasteiger partial charge on any atom is 0.343 e. The second-order valence-electron chi connectivity index (χ2n) is 4.78. The minimum absolute atomic E-state index is 0.193. The van der Waals surface area contributed by atoms with E-state index in [4.69, 9.17) is 9.47 Å². The Morgan fingerprint density at radius 1 is 1.40 bits per heavy atom. The van der Waals surface area contributed by atoms with Crippen LogP contribution in [0.3, 0.4) is 0 Å². The molecule has 0 amide bonds. The summed E-state index contributed by atoms with van der Waals surface area (Å²) in [6, 6.07) is 3.50. The van der Waals surface area contributed by atoms with E-state index in [2.05, 4.69) is 36.2 Å². The summed E-state index contributed by atoms with van der Waals surface area (Å²) in [5.74, 6) is 0.494. The van der Waals surface area contributed by atoms with Crippen LogP contribution in [0.15, 0.2) is 27.1 Å². The number of hydrazone groups is 1. The van der Waals surface area contributed by atoms with Gasteiger partial charge in [0, 0.05) is 15.4 Å². The third-order valence-corrected chi connectivity index (χ3v) is 4.47. The topological polar surface area (TPSA) is 82.0 Å². The van der Waals surface area contributed by atoms with E-state index in [0.717, 1.165) is 15.7 Å².